The van der Waals surface area contributed by atoms with Gasteiger partial charge in [-0.15, -0.1) is 0 Å². The Bertz CT molecular complexity index is 365. The molecule has 1 aromatic carbocycles. The van der Waals surface area contributed by atoms with E-state index >= 15 is 0 Å². The molecule has 1 atom stereocenters. The van der Waals surface area contributed by atoms with Crippen LogP contribution in [-0.2, 0) is 9.53 Å². The van der Waals surface area contributed by atoms with Crippen LogP contribution in [0.25, 0.3) is 0 Å². The van der Waals surface area contributed by atoms with Crippen molar-refractivity contribution in [2.45, 2.75) is 46.6 Å². The van der Waals surface area contributed by atoms with E-state index in [0.717, 1.165) is 24.7 Å². The fraction of sp³-hybridized carbons (Fsp3) is 0.562. The van der Waals surface area contributed by atoms with Crippen molar-refractivity contribution in [3.63, 3.8) is 0 Å². The van der Waals surface area contributed by atoms with Crippen LogP contribution in [-0.4, -0.2) is 12.9 Å². The molecule has 0 saturated carbocycles. The number of hydrogen-bond donors (Lipinski definition) is 0. The van der Waals surface area contributed by atoms with Crippen LogP contribution in [0, 0.1) is 12.3 Å². The van der Waals surface area contributed by atoms with Gasteiger partial charge in [0.05, 0.1) is 11.5 Å². The fourth-order valence-electron chi connectivity index (χ4n) is 1.89. The molecule has 0 bridgehead atoms. The van der Waals surface area contributed by atoms with Gasteiger partial charge in [-0.05, 0) is 18.9 Å². The molecule has 2 nitrogen and oxygen atoms in total. The normalized spacial score (nSPS) is 13.3. The molecule has 0 fully saturated rings. The van der Waals surface area contributed by atoms with Crippen molar-refractivity contribution in [2.24, 2.45) is 5.41 Å². The summed E-state index contributed by atoms with van der Waals surface area (Å²) in [5.41, 5.74) is 1.80. The van der Waals surface area contributed by atoms with Crippen LogP contribution in [0.1, 0.15) is 50.8 Å². The summed E-state index contributed by atoms with van der Waals surface area (Å²) in [6.45, 7) is 8.75. The van der Waals surface area contributed by atoms with Crippen LogP contribution < -0.4 is 0 Å². The maximum absolute atomic E-state index is 11.3. The maximum atomic E-state index is 11.3. The maximum Gasteiger partial charge on any atom is 0.128 e. The van der Waals surface area contributed by atoms with E-state index in [2.05, 4.69) is 38.1 Å². The van der Waals surface area contributed by atoms with Crippen molar-refractivity contribution in [1.29, 1.82) is 0 Å². The van der Waals surface area contributed by atoms with E-state index in [1.807, 2.05) is 13.8 Å². The molecule has 100 valence electrons. The average molecular weight is 248 g/mol. The number of hydrogen-bond acceptors (Lipinski definition) is 2. The summed E-state index contributed by atoms with van der Waals surface area (Å²) < 4.78 is 5.93. The molecule has 1 aromatic rings. The quantitative estimate of drug-likeness (QED) is 0.537. The minimum atomic E-state index is -0.497. The van der Waals surface area contributed by atoms with E-state index in [4.69, 9.17) is 4.74 Å². The third-order valence-corrected chi connectivity index (χ3v) is 3.14. The van der Waals surface area contributed by atoms with Crippen molar-refractivity contribution in [1.82, 2.24) is 0 Å². The van der Waals surface area contributed by atoms with Crippen LogP contribution in [0.2, 0.25) is 0 Å². The summed E-state index contributed by atoms with van der Waals surface area (Å²) in [4.78, 5) is 11.3. The molecule has 0 radical (unpaired) electrons. The second-order valence-corrected chi connectivity index (χ2v) is 5.45. The Morgan fingerprint density at radius 3 is 2.39 bits per heavy atom. The van der Waals surface area contributed by atoms with Crippen LogP contribution >= 0.6 is 0 Å². The second-order valence-electron chi connectivity index (χ2n) is 5.45. The number of benzene rings is 1. The molecular weight excluding hydrogens is 224 g/mol. The predicted molar refractivity (Wildman–Crippen MR) is 74.6 cm³/mol. The van der Waals surface area contributed by atoms with Gasteiger partial charge in [0.2, 0.25) is 0 Å². The highest BCUT2D eigenvalue weighted by atomic mass is 16.5. The Balaban J connectivity index is 2.89. The van der Waals surface area contributed by atoms with Gasteiger partial charge in [-0.3, -0.25) is 0 Å². The third-order valence-electron chi connectivity index (χ3n) is 3.14. The van der Waals surface area contributed by atoms with Gasteiger partial charge >= 0.3 is 0 Å². The van der Waals surface area contributed by atoms with E-state index in [-0.39, 0.29) is 6.10 Å². The Hall–Kier alpha value is -1.15. The zero-order valence-electron chi connectivity index (χ0n) is 11.9. The predicted octanol–water partition coefficient (Wildman–Crippen LogP) is 4.08. The molecule has 1 unspecified atom stereocenters. The zero-order chi connectivity index (χ0) is 13.6. The first-order chi connectivity index (χ1) is 8.51. The van der Waals surface area contributed by atoms with E-state index in [1.54, 1.807) is 0 Å². The SMILES string of the molecule is CCCCOC(c1ccc(C)cc1)C(C)(C)C=O. The van der Waals surface area contributed by atoms with Gasteiger partial charge in [-0.25, -0.2) is 0 Å². The highest BCUT2D eigenvalue weighted by Gasteiger charge is 2.31. The third kappa shape index (κ3) is 3.95. The number of unbranched alkanes of at least 4 members (excludes halogenated alkanes) is 1. The number of rotatable bonds is 7. The smallest absolute Gasteiger partial charge is 0.128 e. The molecule has 0 aliphatic rings. The zero-order valence-corrected chi connectivity index (χ0v) is 11.9. The van der Waals surface area contributed by atoms with E-state index in [9.17, 15) is 4.79 Å². The standard InChI is InChI=1S/C16H24O2/c1-5-6-11-18-15(16(3,4)12-17)14-9-7-13(2)8-10-14/h7-10,12,15H,5-6,11H2,1-4H3. The molecule has 2 heteroatoms. The van der Waals surface area contributed by atoms with Crippen molar-refractivity contribution in [3.8, 4) is 0 Å². The molecule has 0 N–H and O–H groups in total. The molecule has 0 aromatic heterocycles. The first kappa shape index (κ1) is 14.9. The first-order valence-corrected chi connectivity index (χ1v) is 6.65. The summed E-state index contributed by atoms with van der Waals surface area (Å²) >= 11 is 0. The molecule has 18 heavy (non-hydrogen) atoms. The van der Waals surface area contributed by atoms with Gasteiger partial charge < -0.3 is 9.53 Å². The lowest BCUT2D eigenvalue weighted by atomic mass is 9.84. The lowest BCUT2D eigenvalue weighted by molar-refractivity contribution is -0.124. The van der Waals surface area contributed by atoms with Crippen molar-refractivity contribution < 1.29 is 9.53 Å². The largest absolute Gasteiger partial charge is 0.373 e. The summed E-state index contributed by atoms with van der Waals surface area (Å²) in [5.74, 6) is 0. The first-order valence-electron chi connectivity index (χ1n) is 6.65. The van der Waals surface area contributed by atoms with E-state index in [0.29, 0.717) is 6.61 Å². The minimum Gasteiger partial charge on any atom is -0.373 e. The van der Waals surface area contributed by atoms with E-state index < -0.39 is 5.41 Å². The molecule has 0 spiro atoms. The molecule has 0 aliphatic carbocycles. The van der Waals surface area contributed by atoms with Crippen molar-refractivity contribution in [2.75, 3.05) is 6.61 Å². The van der Waals surface area contributed by atoms with E-state index in [1.165, 1.54) is 5.56 Å². The Labute approximate surface area is 110 Å². The lowest BCUT2D eigenvalue weighted by Gasteiger charge is -2.30. The van der Waals surface area contributed by atoms with Crippen molar-refractivity contribution >= 4 is 6.29 Å². The number of ether oxygens (including phenoxy) is 1. The Kier molecular flexibility index (Phi) is 5.54. The van der Waals surface area contributed by atoms with Gasteiger partial charge in [0.15, 0.2) is 0 Å². The van der Waals surface area contributed by atoms with Crippen LogP contribution in [0.3, 0.4) is 0 Å². The molecular formula is C16H24O2. The monoisotopic (exact) mass is 248 g/mol. The highest BCUT2D eigenvalue weighted by molar-refractivity contribution is 5.60. The Morgan fingerprint density at radius 1 is 1.28 bits per heavy atom. The number of aryl methyl sites for hydroxylation is 1. The Morgan fingerprint density at radius 2 is 1.89 bits per heavy atom. The molecule has 0 amide bonds. The van der Waals surface area contributed by atoms with Gasteiger partial charge in [0.25, 0.3) is 0 Å². The van der Waals surface area contributed by atoms with Gasteiger partial charge in [0.1, 0.15) is 6.29 Å². The average Bonchev–Trinajstić information content (AvgIpc) is 2.36. The minimum absolute atomic E-state index is 0.165. The number of carbonyl (C=O) groups excluding carboxylic acids is 1. The number of aldehydes is 1. The fourth-order valence-corrected chi connectivity index (χ4v) is 1.89. The molecule has 0 saturated heterocycles. The molecule has 0 aliphatic heterocycles. The molecule has 0 heterocycles. The molecule has 1 rings (SSSR count). The van der Waals surface area contributed by atoms with Crippen LogP contribution in [0.5, 0.6) is 0 Å². The van der Waals surface area contributed by atoms with Crippen LogP contribution in [0.15, 0.2) is 24.3 Å². The van der Waals surface area contributed by atoms with Gasteiger partial charge in [-0.1, -0.05) is 57.0 Å². The van der Waals surface area contributed by atoms with Gasteiger partial charge in [0, 0.05) is 6.61 Å². The summed E-state index contributed by atoms with van der Waals surface area (Å²) in [6.07, 6.45) is 2.95. The van der Waals surface area contributed by atoms with Crippen molar-refractivity contribution in [3.05, 3.63) is 35.4 Å². The second kappa shape index (κ2) is 6.69. The number of carbonyl (C=O) groups is 1. The summed E-state index contributed by atoms with van der Waals surface area (Å²) in [5, 5.41) is 0. The summed E-state index contributed by atoms with van der Waals surface area (Å²) in [6, 6.07) is 8.23. The highest BCUT2D eigenvalue weighted by Crippen LogP contribution is 2.35. The topological polar surface area (TPSA) is 26.3 Å². The van der Waals surface area contributed by atoms with Crippen LogP contribution in [0.4, 0.5) is 0 Å². The summed E-state index contributed by atoms with van der Waals surface area (Å²) in [7, 11) is 0. The lowest BCUT2D eigenvalue weighted by Crippen LogP contribution is -2.26. The van der Waals surface area contributed by atoms with Gasteiger partial charge in [-0.2, -0.15) is 0 Å².